The molecule has 1 aromatic carbocycles. The summed E-state index contributed by atoms with van der Waals surface area (Å²) in [5.74, 6) is -0.101. The van der Waals surface area contributed by atoms with Crippen molar-refractivity contribution in [3.05, 3.63) is 41.6 Å². The molecule has 6 heteroatoms. The van der Waals surface area contributed by atoms with Crippen LogP contribution in [-0.4, -0.2) is 30.7 Å². The number of hydrogen-bond donors (Lipinski definition) is 1. The zero-order chi connectivity index (χ0) is 19.0. The van der Waals surface area contributed by atoms with E-state index in [2.05, 4.69) is 29.3 Å². The van der Waals surface area contributed by atoms with Gasteiger partial charge < -0.3 is 0 Å². The normalized spacial score (nSPS) is 28.3. The van der Waals surface area contributed by atoms with Crippen molar-refractivity contribution < 1.29 is 17.8 Å². The van der Waals surface area contributed by atoms with E-state index in [1.54, 1.807) is 0 Å². The molecule has 1 aromatic rings. The minimum atomic E-state index is -4.08. The zero-order valence-electron chi connectivity index (χ0n) is 15.2. The predicted octanol–water partition coefficient (Wildman–Crippen LogP) is 3.55. The second-order valence-corrected chi connectivity index (χ2v) is 9.40. The highest BCUT2D eigenvalue weighted by Crippen LogP contribution is 2.64. The number of hydrogen-bond acceptors (Lipinski definition) is 4. The second kappa shape index (κ2) is 6.74. The molecule has 0 saturated heterocycles. The number of ketones is 1. The summed E-state index contributed by atoms with van der Waals surface area (Å²) in [4.78, 5) is 16.0. The van der Waals surface area contributed by atoms with Gasteiger partial charge in [0.25, 0.3) is 10.1 Å². The maximum atomic E-state index is 11.9. The molecule has 1 aliphatic heterocycles. The molecule has 4 rings (SSSR count). The molecule has 1 N–H and O–H groups in total. The number of rotatable bonds is 2. The summed E-state index contributed by atoms with van der Waals surface area (Å²) in [5.41, 5.74) is 1.51. The molecule has 2 unspecified atom stereocenters. The third-order valence-corrected chi connectivity index (χ3v) is 7.24. The molecule has 5 nitrogen and oxygen atoms in total. The minimum Gasteiger partial charge on any atom is -0.299 e. The van der Waals surface area contributed by atoms with Gasteiger partial charge >= 0.3 is 0 Å². The van der Waals surface area contributed by atoms with Crippen molar-refractivity contribution in [3.8, 4) is 0 Å². The van der Waals surface area contributed by atoms with E-state index in [9.17, 15) is 13.2 Å². The van der Waals surface area contributed by atoms with Crippen LogP contribution < -0.4 is 0 Å². The van der Waals surface area contributed by atoms with E-state index in [1.807, 2.05) is 32.3 Å². The van der Waals surface area contributed by atoms with Gasteiger partial charge in [0.1, 0.15) is 5.78 Å². The van der Waals surface area contributed by atoms with Crippen LogP contribution in [0.2, 0.25) is 0 Å². The average molecular weight is 375 g/mol. The Morgan fingerprint density at radius 1 is 1.27 bits per heavy atom. The van der Waals surface area contributed by atoms with E-state index in [1.165, 1.54) is 11.1 Å². The van der Waals surface area contributed by atoms with Gasteiger partial charge in [-0.3, -0.25) is 14.3 Å². The Hall–Kier alpha value is -1.79. The Labute approximate surface area is 155 Å². The van der Waals surface area contributed by atoms with Gasteiger partial charge in [0.2, 0.25) is 0 Å². The van der Waals surface area contributed by atoms with Crippen molar-refractivity contribution >= 4 is 28.2 Å². The van der Waals surface area contributed by atoms with E-state index in [0.717, 1.165) is 12.8 Å². The van der Waals surface area contributed by atoms with Gasteiger partial charge in [-0.1, -0.05) is 38.1 Å². The molecule has 2 saturated carbocycles. The van der Waals surface area contributed by atoms with Gasteiger partial charge in [0, 0.05) is 25.3 Å². The lowest BCUT2D eigenvalue weighted by molar-refractivity contribution is -0.128. The van der Waals surface area contributed by atoms with Crippen molar-refractivity contribution in [1.29, 1.82) is 0 Å². The van der Waals surface area contributed by atoms with Crippen LogP contribution in [0.25, 0.3) is 6.08 Å². The summed E-state index contributed by atoms with van der Waals surface area (Å²) in [5, 5.41) is 0. The third kappa shape index (κ3) is 3.40. The molecule has 3 aliphatic rings. The van der Waals surface area contributed by atoms with Gasteiger partial charge in [-0.05, 0) is 41.4 Å². The molecule has 0 spiro atoms. The molecule has 2 atom stereocenters. The molecule has 140 valence electrons. The lowest BCUT2D eigenvalue weighted by Gasteiger charge is -2.35. The summed E-state index contributed by atoms with van der Waals surface area (Å²) in [6.07, 6.45) is 8.73. The standard InChI is InChI=1S/C10H9N.C10H16O4S/c1-2-4-10-6-8-11-7-5-9(10)3-1;1-9(2)7-3-4-10(9,8(11)5-7)6-15(12,13)14/h1-5,7-8H,6H2;7H,3-6H2,1-2H3,(H,12,13,14). The monoisotopic (exact) mass is 375 g/mol. The maximum Gasteiger partial charge on any atom is 0.265 e. The molecule has 0 aromatic heterocycles. The van der Waals surface area contributed by atoms with Crippen LogP contribution in [0, 0.1) is 16.7 Å². The van der Waals surface area contributed by atoms with Crippen molar-refractivity contribution in [2.75, 3.05) is 5.75 Å². The van der Waals surface area contributed by atoms with Gasteiger partial charge in [-0.25, -0.2) is 0 Å². The first-order chi connectivity index (χ1) is 12.2. The summed E-state index contributed by atoms with van der Waals surface area (Å²) >= 11 is 0. The highest BCUT2D eigenvalue weighted by molar-refractivity contribution is 7.85. The number of aliphatic imine (C=N–C) groups is 1. The zero-order valence-corrected chi connectivity index (χ0v) is 16.0. The quantitative estimate of drug-likeness (QED) is 0.801. The molecule has 1 heterocycles. The first-order valence-electron chi connectivity index (χ1n) is 8.90. The number of benzene rings is 1. The molecule has 2 fully saturated rings. The lowest BCUT2D eigenvalue weighted by atomic mass is 9.70. The van der Waals surface area contributed by atoms with Crippen LogP contribution in [0.3, 0.4) is 0 Å². The van der Waals surface area contributed by atoms with Crippen molar-refractivity contribution in [2.45, 2.75) is 39.5 Å². The van der Waals surface area contributed by atoms with Crippen LogP contribution in [0.5, 0.6) is 0 Å². The number of carbonyl (C=O) groups is 1. The number of nitrogens with zero attached hydrogens (tertiary/aromatic N) is 1. The van der Waals surface area contributed by atoms with E-state index in [4.69, 9.17) is 4.55 Å². The smallest absolute Gasteiger partial charge is 0.265 e. The van der Waals surface area contributed by atoms with Crippen molar-refractivity contribution in [3.63, 3.8) is 0 Å². The first kappa shape index (κ1) is 19.0. The summed E-state index contributed by atoms with van der Waals surface area (Å²) in [6.45, 7) is 3.89. The molecule has 2 bridgehead atoms. The Morgan fingerprint density at radius 2 is 2.00 bits per heavy atom. The molecule has 26 heavy (non-hydrogen) atoms. The van der Waals surface area contributed by atoms with Gasteiger partial charge in [0.15, 0.2) is 0 Å². The van der Waals surface area contributed by atoms with Crippen LogP contribution in [0.4, 0.5) is 0 Å². The fourth-order valence-corrected chi connectivity index (χ4v) is 5.94. The Balaban J connectivity index is 0.000000158. The fourth-order valence-electron chi connectivity index (χ4n) is 4.64. The highest BCUT2D eigenvalue weighted by Gasteiger charge is 2.65. The first-order valence-corrected chi connectivity index (χ1v) is 10.5. The van der Waals surface area contributed by atoms with Crippen LogP contribution >= 0.6 is 0 Å². The van der Waals surface area contributed by atoms with Gasteiger partial charge in [-0.15, -0.1) is 0 Å². The topological polar surface area (TPSA) is 83.8 Å². The van der Waals surface area contributed by atoms with Gasteiger partial charge in [-0.2, -0.15) is 8.42 Å². The van der Waals surface area contributed by atoms with Crippen LogP contribution in [0.15, 0.2) is 35.5 Å². The number of fused-ring (bicyclic) bond motifs is 3. The van der Waals surface area contributed by atoms with E-state index < -0.39 is 21.3 Å². The average Bonchev–Trinajstić information content (AvgIpc) is 2.81. The molecule has 0 radical (unpaired) electrons. The van der Waals surface area contributed by atoms with E-state index >= 15 is 0 Å². The maximum absolute atomic E-state index is 11.9. The van der Waals surface area contributed by atoms with E-state index in [0.29, 0.717) is 12.8 Å². The van der Waals surface area contributed by atoms with Crippen molar-refractivity contribution in [1.82, 2.24) is 0 Å². The fraction of sp³-hybridized carbons (Fsp3) is 0.500. The largest absolute Gasteiger partial charge is 0.299 e. The Morgan fingerprint density at radius 3 is 2.62 bits per heavy atom. The Bertz CT molecular complexity index is 870. The van der Waals surface area contributed by atoms with Crippen LogP contribution in [0.1, 0.15) is 44.2 Å². The van der Waals surface area contributed by atoms with E-state index in [-0.39, 0.29) is 17.1 Å². The lowest BCUT2D eigenvalue weighted by Crippen LogP contribution is -2.42. The number of Topliss-reactive ketones (excluding diaryl/α,β-unsaturated/α-hetero) is 1. The molecular formula is C20H25NO4S. The SMILES string of the molecule is C1=Cc2ccccc2CC=N1.CC1(C)C2CCC1(CS(=O)(=O)O)C(=O)C2. The summed E-state index contributed by atoms with van der Waals surface area (Å²) < 4.78 is 31.0. The molecule has 2 aliphatic carbocycles. The third-order valence-electron chi connectivity index (χ3n) is 6.38. The second-order valence-electron chi connectivity index (χ2n) is 7.94. The molecular weight excluding hydrogens is 350 g/mol. The summed E-state index contributed by atoms with van der Waals surface area (Å²) in [7, 11) is -4.08. The number of carbonyl (C=O) groups excluding carboxylic acids is 1. The van der Waals surface area contributed by atoms with Crippen LogP contribution in [-0.2, 0) is 21.3 Å². The van der Waals surface area contributed by atoms with Crippen molar-refractivity contribution in [2.24, 2.45) is 21.7 Å². The predicted molar refractivity (Wildman–Crippen MR) is 103 cm³/mol. The molecule has 0 amide bonds. The minimum absolute atomic E-state index is 0.0152. The Kier molecular flexibility index (Phi) is 4.92. The van der Waals surface area contributed by atoms with Gasteiger partial charge in [0.05, 0.1) is 11.2 Å². The summed E-state index contributed by atoms with van der Waals surface area (Å²) in [6, 6.07) is 8.36. The highest BCUT2D eigenvalue weighted by atomic mass is 32.2.